The Hall–Kier alpha value is -3.15. The Kier molecular flexibility index (Phi) is 6.66. The first kappa shape index (κ1) is 22.6. The number of nitrogens with zero attached hydrogens (tertiary/aromatic N) is 3. The SMILES string of the molecule is O=C(O)c1cccc2c1c(-c1cncc(-c3ccc(Cl)cc3)c1)cn2CCCN1CCCCC1. The number of aryl methyl sites for hydroxylation is 1. The van der Waals surface area contributed by atoms with E-state index in [0.29, 0.717) is 10.6 Å². The maximum absolute atomic E-state index is 12.1. The molecule has 174 valence electrons. The number of carboxylic acid groups (broad SMARTS) is 1. The summed E-state index contributed by atoms with van der Waals surface area (Å²) in [5.74, 6) is -0.917. The summed E-state index contributed by atoms with van der Waals surface area (Å²) in [6, 6.07) is 15.3. The maximum atomic E-state index is 12.1. The molecule has 0 spiro atoms. The van der Waals surface area contributed by atoms with E-state index in [4.69, 9.17) is 11.6 Å². The predicted molar refractivity (Wildman–Crippen MR) is 137 cm³/mol. The first-order chi connectivity index (χ1) is 16.6. The van der Waals surface area contributed by atoms with Crippen molar-refractivity contribution in [3.8, 4) is 22.3 Å². The van der Waals surface area contributed by atoms with Crippen LogP contribution >= 0.6 is 11.6 Å². The zero-order chi connectivity index (χ0) is 23.5. The van der Waals surface area contributed by atoms with Gasteiger partial charge in [0.05, 0.1) is 5.56 Å². The zero-order valence-corrected chi connectivity index (χ0v) is 19.8. The number of pyridine rings is 1. The fourth-order valence-corrected chi connectivity index (χ4v) is 5.10. The van der Waals surface area contributed by atoms with Crippen LogP contribution in [0.5, 0.6) is 0 Å². The number of carbonyl (C=O) groups is 1. The van der Waals surface area contributed by atoms with Crippen molar-refractivity contribution in [1.29, 1.82) is 0 Å². The Morgan fingerprint density at radius 2 is 1.71 bits per heavy atom. The van der Waals surface area contributed by atoms with Crippen molar-refractivity contribution in [2.75, 3.05) is 19.6 Å². The van der Waals surface area contributed by atoms with Crippen molar-refractivity contribution in [2.45, 2.75) is 32.2 Å². The lowest BCUT2D eigenvalue weighted by molar-refractivity contribution is 0.0699. The number of fused-ring (bicyclic) bond motifs is 1. The Morgan fingerprint density at radius 1 is 0.941 bits per heavy atom. The van der Waals surface area contributed by atoms with E-state index in [1.165, 1.54) is 32.4 Å². The Labute approximate surface area is 204 Å². The third-order valence-corrected chi connectivity index (χ3v) is 6.94. The summed E-state index contributed by atoms with van der Waals surface area (Å²) in [5.41, 5.74) is 5.05. The van der Waals surface area contributed by atoms with Crippen molar-refractivity contribution in [1.82, 2.24) is 14.5 Å². The molecule has 6 heteroatoms. The lowest BCUT2D eigenvalue weighted by Crippen LogP contribution is -2.31. The van der Waals surface area contributed by atoms with Gasteiger partial charge in [0.25, 0.3) is 0 Å². The quantitative estimate of drug-likeness (QED) is 0.328. The highest BCUT2D eigenvalue weighted by molar-refractivity contribution is 6.30. The van der Waals surface area contributed by atoms with E-state index in [9.17, 15) is 9.90 Å². The topological polar surface area (TPSA) is 58.4 Å². The maximum Gasteiger partial charge on any atom is 0.336 e. The van der Waals surface area contributed by atoms with Crippen LogP contribution in [0.1, 0.15) is 36.0 Å². The molecule has 1 N–H and O–H groups in total. The molecule has 0 unspecified atom stereocenters. The second-order valence-electron chi connectivity index (χ2n) is 8.97. The molecular weight excluding hydrogens is 446 g/mol. The van der Waals surface area contributed by atoms with Crippen LogP contribution < -0.4 is 0 Å². The monoisotopic (exact) mass is 473 g/mol. The van der Waals surface area contributed by atoms with Gasteiger partial charge in [-0.25, -0.2) is 4.79 Å². The largest absolute Gasteiger partial charge is 0.478 e. The summed E-state index contributed by atoms with van der Waals surface area (Å²) >= 11 is 6.06. The number of rotatable bonds is 7. The van der Waals surface area contributed by atoms with Crippen LogP contribution in [0.4, 0.5) is 0 Å². The van der Waals surface area contributed by atoms with Crippen LogP contribution in [0.25, 0.3) is 33.2 Å². The van der Waals surface area contributed by atoms with E-state index in [0.717, 1.165) is 52.7 Å². The molecule has 2 aromatic heterocycles. The van der Waals surface area contributed by atoms with Crippen molar-refractivity contribution in [3.63, 3.8) is 0 Å². The number of aromatic carboxylic acids is 1. The number of hydrogen-bond acceptors (Lipinski definition) is 3. The first-order valence-corrected chi connectivity index (χ1v) is 12.3. The lowest BCUT2D eigenvalue weighted by Gasteiger charge is -2.26. The van der Waals surface area contributed by atoms with Crippen LogP contribution in [0.2, 0.25) is 5.02 Å². The highest BCUT2D eigenvalue weighted by Crippen LogP contribution is 2.35. The molecule has 0 bridgehead atoms. The summed E-state index contributed by atoms with van der Waals surface area (Å²) < 4.78 is 2.20. The number of likely N-dealkylation sites (tertiary alicyclic amines) is 1. The van der Waals surface area contributed by atoms with Crippen LogP contribution in [0.15, 0.2) is 67.1 Å². The molecule has 2 aromatic carbocycles. The molecule has 1 aliphatic rings. The molecule has 0 aliphatic carbocycles. The van der Waals surface area contributed by atoms with Gasteiger partial charge in [-0.3, -0.25) is 4.98 Å². The molecule has 34 heavy (non-hydrogen) atoms. The molecule has 0 atom stereocenters. The summed E-state index contributed by atoms with van der Waals surface area (Å²) in [4.78, 5) is 19.1. The normalized spacial score (nSPS) is 14.5. The van der Waals surface area contributed by atoms with Gasteiger partial charge in [0.15, 0.2) is 0 Å². The molecule has 0 amide bonds. The molecule has 1 saturated heterocycles. The smallest absolute Gasteiger partial charge is 0.336 e. The van der Waals surface area contributed by atoms with Gasteiger partial charge in [0.1, 0.15) is 0 Å². The van der Waals surface area contributed by atoms with E-state index in [1.54, 1.807) is 6.07 Å². The van der Waals surface area contributed by atoms with E-state index < -0.39 is 5.97 Å². The third kappa shape index (κ3) is 4.72. The number of aromatic nitrogens is 2. The van der Waals surface area contributed by atoms with E-state index in [1.807, 2.05) is 48.8 Å². The summed E-state index contributed by atoms with van der Waals surface area (Å²) in [6.07, 6.45) is 10.7. The Morgan fingerprint density at radius 3 is 2.47 bits per heavy atom. The minimum absolute atomic E-state index is 0.319. The van der Waals surface area contributed by atoms with Gasteiger partial charge in [-0.2, -0.15) is 0 Å². The van der Waals surface area contributed by atoms with Crippen molar-refractivity contribution < 1.29 is 9.90 Å². The van der Waals surface area contributed by atoms with Gasteiger partial charge in [0.2, 0.25) is 0 Å². The van der Waals surface area contributed by atoms with Crippen molar-refractivity contribution in [3.05, 3.63) is 77.7 Å². The second-order valence-corrected chi connectivity index (χ2v) is 9.40. The number of piperidine rings is 1. The van der Waals surface area contributed by atoms with Gasteiger partial charge in [-0.1, -0.05) is 36.2 Å². The zero-order valence-electron chi connectivity index (χ0n) is 19.1. The number of benzene rings is 2. The second kappa shape index (κ2) is 10.00. The number of halogens is 1. The summed E-state index contributed by atoms with van der Waals surface area (Å²) in [5, 5.41) is 11.4. The molecule has 0 saturated carbocycles. The Bertz CT molecular complexity index is 1310. The lowest BCUT2D eigenvalue weighted by atomic mass is 9.99. The molecule has 5 rings (SSSR count). The molecule has 1 aliphatic heterocycles. The highest BCUT2D eigenvalue weighted by atomic mass is 35.5. The number of hydrogen-bond donors (Lipinski definition) is 1. The molecule has 3 heterocycles. The van der Waals surface area contributed by atoms with Gasteiger partial charge in [0, 0.05) is 57.8 Å². The van der Waals surface area contributed by atoms with Crippen LogP contribution in [0.3, 0.4) is 0 Å². The predicted octanol–water partition coefficient (Wildman–Crippen LogP) is 6.60. The van der Waals surface area contributed by atoms with Crippen molar-refractivity contribution >= 4 is 28.5 Å². The number of carboxylic acids is 1. The fourth-order valence-electron chi connectivity index (χ4n) is 4.97. The highest BCUT2D eigenvalue weighted by Gasteiger charge is 2.18. The van der Waals surface area contributed by atoms with Crippen LogP contribution in [0, 0.1) is 0 Å². The molecular formula is C28H28ClN3O2. The van der Waals surface area contributed by atoms with E-state index in [2.05, 4.69) is 26.7 Å². The Balaban J connectivity index is 1.52. The fraction of sp³-hybridized carbons (Fsp3) is 0.286. The van der Waals surface area contributed by atoms with Gasteiger partial charge < -0.3 is 14.6 Å². The van der Waals surface area contributed by atoms with Crippen molar-refractivity contribution in [2.24, 2.45) is 0 Å². The average Bonchev–Trinajstić information content (AvgIpc) is 3.24. The third-order valence-electron chi connectivity index (χ3n) is 6.69. The summed E-state index contributed by atoms with van der Waals surface area (Å²) in [6.45, 7) is 4.29. The first-order valence-electron chi connectivity index (χ1n) is 11.9. The summed E-state index contributed by atoms with van der Waals surface area (Å²) in [7, 11) is 0. The molecule has 0 radical (unpaired) electrons. The van der Waals surface area contributed by atoms with Gasteiger partial charge >= 0.3 is 5.97 Å². The minimum atomic E-state index is -0.917. The van der Waals surface area contributed by atoms with Crippen LogP contribution in [-0.4, -0.2) is 45.2 Å². The average molecular weight is 474 g/mol. The molecule has 1 fully saturated rings. The molecule has 4 aromatic rings. The molecule has 5 nitrogen and oxygen atoms in total. The van der Waals surface area contributed by atoms with E-state index in [-0.39, 0.29) is 0 Å². The van der Waals surface area contributed by atoms with Gasteiger partial charge in [-0.15, -0.1) is 0 Å². The van der Waals surface area contributed by atoms with Gasteiger partial charge in [-0.05, 0) is 74.8 Å². The van der Waals surface area contributed by atoms with E-state index >= 15 is 0 Å². The minimum Gasteiger partial charge on any atom is -0.478 e. The van der Waals surface area contributed by atoms with Crippen LogP contribution in [-0.2, 0) is 6.54 Å². The standard InChI is InChI=1S/C28H28ClN3O2/c29-23-10-8-20(9-11-23)21-16-22(18-30-17-21)25-19-32(15-5-14-31-12-2-1-3-13-31)26-7-4-6-24(27(25)26)28(33)34/h4,6-11,16-19H,1-3,5,12-15H2,(H,33,34).